The molecule has 552 valence electrons. The van der Waals surface area contributed by atoms with Crippen LogP contribution in [0.1, 0.15) is 305 Å². The van der Waals surface area contributed by atoms with Crippen molar-refractivity contribution in [3.05, 3.63) is 12.2 Å². The molecule has 12 nitrogen and oxygen atoms in total. The number of aliphatic hydroxyl groups is 1. The lowest BCUT2D eigenvalue weighted by Crippen LogP contribution is -2.32. The lowest BCUT2D eigenvalue weighted by molar-refractivity contribution is -0.171. The van der Waals surface area contributed by atoms with Crippen LogP contribution in [-0.4, -0.2) is 126 Å². The predicted molar refractivity (Wildman–Crippen MR) is 368 cm³/mol. The molecule has 0 saturated heterocycles. The number of allylic oxidation sites excluding steroid dienone is 2. The van der Waals surface area contributed by atoms with Crippen molar-refractivity contribution >= 4 is 27.6 Å². The third-order valence-electron chi connectivity index (χ3n) is 12.2. The van der Waals surface area contributed by atoms with Gasteiger partial charge in [-0.1, -0.05) is 153 Å². The molecule has 1 unspecified atom stereocenters. The van der Waals surface area contributed by atoms with Gasteiger partial charge >= 0.3 is 12.6 Å². The fourth-order valence-electron chi connectivity index (χ4n) is 6.24. The van der Waals surface area contributed by atoms with Gasteiger partial charge in [0.15, 0.2) is 0 Å². The maximum Gasteiger partial charge on any atom is 0.449 e. The van der Waals surface area contributed by atoms with E-state index in [1.807, 2.05) is 53.8 Å². The van der Waals surface area contributed by atoms with Gasteiger partial charge in [0.2, 0.25) is 27.6 Å². The number of Topliss-reactive ketones (excluding diaryl/α,β-unsaturated/α-hetero) is 1. The molecule has 0 aromatic carbocycles. The highest BCUT2D eigenvalue weighted by atomic mass is 32.2. The van der Waals surface area contributed by atoms with Gasteiger partial charge in [-0.3, -0.25) is 14.4 Å². The van der Waals surface area contributed by atoms with Gasteiger partial charge in [0.25, 0.3) is 5.91 Å². The van der Waals surface area contributed by atoms with Crippen LogP contribution in [0.25, 0.3) is 0 Å². The van der Waals surface area contributed by atoms with Crippen molar-refractivity contribution in [1.29, 1.82) is 0 Å². The number of alkyl halides is 8. The second-order valence-electron chi connectivity index (χ2n) is 21.7. The molecular formula is C70H141F8N3O9S. The molecule has 2 amide bonds. The first-order valence-corrected chi connectivity index (χ1v) is 36.4. The molecule has 0 aromatic heterocycles. The largest absolute Gasteiger partial charge is 0.449 e. The number of carbonyl (C=O) groups is 3. The number of rotatable bonds is 36. The topological polar surface area (TPSA) is 169 Å². The van der Waals surface area contributed by atoms with Crippen molar-refractivity contribution < 1.29 is 77.2 Å². The molecule has 0 radical (unpaired) electrons. The highest BCUT2D eigenvalue weighted by molar-refractivity contribution is 7.89. The summed E-state index contributed by atoms with van der Waals surface area (Å²) in [7, 11) is -2.93. The minimum Gasteiger partial charge on any atom is -0.396 e. The summed E-state index contributed by atoms with van der Waals surface area (Å²) in [4.78, 5) is 31.1. The predicted octanol–water partition coefficient (Wildman–Crippen LogP) is 19.9. The molecule has 2 aliphatic carbocycles. The number of nitrogens with one attached hydrogen (secondary N) is 3. The van der Waals surface area contributed by atoms with Gasteiger partial charge in [0, 0.05) is 84.3 Å². The second kappa shape index (κ2) is 83.2. The standard InChI is InChI=1S/C9H18O.C7H11F3O.C7H13NO.C7H14.C7H12.C6H12F2.C6H13F.C6H14O.C5H9F2NO.C5H13NO2S.C5H12O2/c1-4-8-5-9(6-8)10-7(2)3;1-2-3-4-5-6(11)7(8,9)10;1-2-5-8-7(9)6-3-4-6;2*1-3-5-7-6-4-2;1-3-5-6(7,8)4-2;1-3-5-6(7)4-2;1-3-5-6-7-4-2;1-2-3-8-5(9)4(6)7;1-3-5-6-9(7,8)4-2;1-2-7-5-3-4-6/h7-9H,4-6H2,1-3H3;2-5H2,1H3;6H,2-5H2,1H3,(H,8,9);3,5H,4,6-7H2,1-2H3;3,5,7H2,1-2H3;3-5H2,1-2H3;6H,3-5H2,1-2H3;3-6H2,1-2H3;4H,2-3H2,1H3,(H,8,9);6H,3-5H2,1-2H3;6H,2-5H2,1H3/b;;;5-3+;;;;;;;. The zero-order valence-electron chi connectivity index (χ0n) is 61.2. The molecule has 4 N–H and O–H groups in total. The Labute approximate surface area is 554 Å². The Bertz CT molecular complexity index is 1630. The number of unbranched alkanes of at least 4 members (excludes halogenated alkanes) is 7. The summed E-state index contributed by atoms with van der Waals surface area (Å²) in [5.74, 6) is 2.42. The average Bonchev–Trinajstić information content (AvgIpc) is 4.51. The molecule has 0 aliphatic heterocycles. The number of hydrogen-bond acceptors (Lipinski definition) is 9. The van der Waals surface area contributed by atoms with E-state index in [9.17, 15) is 57.9 Å². The maximum absolute atomic E-state index is 12.2. The van der Waals surface area contributed by atoms with Gasteiger partial charge in [-0.15, -0.1) is 11.8 Å². The lowest BCUT2D eigenvalue weighted by atomic mass is 9.80. The number of ketones is 1. The number of amides is 2. The Balaban J connectivity index is -0.000000117. The molecular weight excluding hydrogens is 1210 g/mol. The summed E-state index contributed by atoms with van der Waals surface area (Å²) < 4.78 is 133. The van der Waals surface area contributed by atoms with E-state index in [2.05, 4.69) is 89.4 Å². The fourth-order valence-corrected chi connectivity index (χ4v) is 6.96. The van der Waals surface area contributed by atoms with E-state index in [1.165, 1.54) is 71.1 Å². The van der Waals surface area contributed by atoms with Crippen LogP contribution in [0.2, 0.25) is 0 Å². The van der Waals surface area contributed by atoms with Gasteiger partial charge in [-0.05, 0) is 144 Å². The van der Waals surface area contributed by atoms with Crippen molar-refractivity contribution in [2.24, 2.45) is 11.8 Å². The molecule has 2 aliphatic rings. The summed E-state index contributed by atoms with van der Waals surface area (Å²) in [5, 5.41) is 13.1. The van der Waals surface area contributed by atoms with Crippen molar-refractivity contribution in [3.8, 4) is 11.8 Å². The maximum atomic E-state index is 12.2. The van der Waals surface area contributed by atoms with Crippen LogP contribution in [0.15, 0.2) is 12.2 Å². The first-order chi connectivity index (χ1) is 42.9. The van der Waals surface area contributed by atoms with Crippen LogP contribution in [0.5, 0.6) is 0 Å². The van der Waals surface area contributed by atoms with Gasteiger partial charge in [0.1, 0.15) is 0 Å². The molecule has 2 saturated carbocycles. The molecule has 91 heavy (non-hydrogen) atoms. The smallest absolute Gasteiger partial charge is 0.396 e. The number of aliphatic hydroxyl groups excluding tert-OH is 1. The summed E-state index contributed by atoms with van der Waals surface area (Å²) in [6.07, 6.45) is 21.1. The highest BCUT2D eigenvalue weighted by Gasteiger charge is 2.37. The lowest BCUT2D eigenvalue weighted by Gasteiger charge is -2.35. The van der Waals surface area contributed by atoms with Crippen molar-refractivity contribution in [2.75, 3.05) is 58.4 Å². The third-order valence-corrected chi connectivity index (χ3v) is 13.6. The summed E-state index contributed by atoms with van der Waals surface area (Å²) >= 11 is 0. The van der Waals surface area contributed by atoms with Crippen LogP contribution in [0.4, 0.5) is 35.1 Å². The van der Waals surface area contributed by atoms with E-state index in [0.717, 1.165) is 90.1 Å². The number of sulfonamides is 1. The Morgan fingerprint density at radius 2 is 1.19 bits per heavy atom. The van der Waals surface area contributed by atoms with Gasteiger partial charge in [-0.2, -0.15) is 22.0 Å². The Morgan fingerprint density at radius 1 is 0.670 bits per heavy atom. The zero-order chi connectivity index (χ0) is 72.2. The van der Waals surface area contributed by atoms with E-state index in [1.54, 1.807) is 20.8 Å². The summed E-state index contributed by atoms with van der Waals surface area (Å²) in [6.45, 7) is 42.6. The molecule has 2 fully saturated rings. The molecule has 0 bridgehead atoms. The van der Waals surface area contributed by atoms with Crippen molar-refractivity contribution in [3.63, 3.8) is 0 Å². The zero-order valence-corrected chi connectivity index (χ0v) is 62.0. The van der Waals surface area contributed by atoms with Gasteiger partial charge < -0.3 is 30.0 Å². The van der Waals surface area contributed by atoms with Crippen LogP contribution >= 0.6 is 0 Å². The molecule has 0 spiro atoms. The van der Waals surface area contributed by atoms with Crippen LogP contribution in [0.3, 0.4) is 0 Å². The van der Waals surface area contributed by atoms with E-state index < -0.39 is 46.4 Å². The first-order valence-electron chi connectivity index (χ1n) is 34.8. The molecule has 2 rings (SSSR count). The SMILES string of the molecule is C/C=C/CCCC.CC#CCCCC.CCC1CC(OC(C)C)C1.CCCC(F)(F)CC.CCCC(F)CC.CCCCCC(=O)C(F)(F)F.CCCCOCC.CCCNC(=O)C(F)F.CCCNC(=O)C1CC1.CCCNS(=O)(=O)CC.CCOCCCO. The highest BCUT2D eigenvalue weighted by Crippen LogP contribution is 2.33. The minimum absolute atomic E-state index is 0.0269. The van der Waals surface area contributed by atoms with Crippen molar-refractivity contribution in [1.82, 2.24) is 15.4 Å². The Morgan fingerprint density at radius 3 is 1.53 bits per heavy atom. The first kappa shape index (κ1) is 107. The average molecular weight is 1350 g/mol. The second-order valence-corrected chi connectivity index (χ2v) is 23.8. The van der Waals surface area contributed by atoms with Crippen LogP contribution in [-0.2, 0) is 38.6 Å². The van der Waals surface area contributed by atoms with E-state index in [4.69, 9.17) is 19.3 Å². The van der Waals surface area contributed by atoms with E-state index >= 15 is 0 Å². The molecule has 21 heteroatoms. The number of halogens is 8. The fraction of sp³-hybridized carbons (Fsp3) is 0.900. The minimum atomic E-state index is -4.63. The quantitative estimate of drug-likeness (QED) is 0.0206. The van der Waals surface area contributed by atoms with E-state index in [-0.39, 0.29) is 37.5 Å². The molecule has 1 atom stereocenters. The van der Waals surface area contributed by atoms with Gasteiger partial charge in [-0.25, -0.2) is 26.3 Å². The molecule has 0 aromatic rings. The number of ether oxygens (including phenoxy) is 3. The number of hydrogen-bond donors (Lipinski definition) is 4. The Hall–Kier alpha value is -2.90. The normalized spacial score (nSPS) is 13.8. The van der Waals surface area contributed by atoms with Crippen molar-refractivity contribution in [2.45, 2.75) is 342 Å². The third kappa shape index (κ3) is 106. The summed E-state index contributed by atoms with van der Waals surface area (Å²) in [5.41, 5.74) is 0. The Kier molecular flexibility index (Phi) is 97.7. The van der Waals surface area contributed by atoms with E-state index in [0.29, 0.717) is 69.9 Å². The van der Waals surface area contributed by atoms with Gasteiger partial charge in [0.05, 0.1) is 24.1 Å². The monoisotopic (exact) mass is 1350 g/mol. The van der Waals surface area contributed by atoms with Crippen LogP contribution < -0.4 is 15.4 Å². The molecule has 0 heterocycles. The van der Waals surface area contributed by atoms with Crippen LogP contribution in [0, 0.1) is 23.7 Å². The number of carbonyl (C=O) groups excluding carboxylic acids is 3. The summed E-state index contributed by atoms with van der Waals surface area (Å²) in [6, 6.07) is 0.